The number of oxazole rings is 1. The van der Waals surface area contributed by atoms with Crippen LogP contribution < -0.4 is 10.1 Å². The number of carbonyl (C=O) groups excluding carboxylic acids is 1. The number of fused-ring (bicyclic) bond motifs is 1. The van der Waals surface area contributed by atoms with Gasteiger partial charge in [0.05, 0.1) is 7.11 Å². The lowest BCUT2D eigenvalue weighted by molar-refractivity contribution is 0.102. The summed E-state index contributed by atoms with van der Waals surface area (Å²) >= 11 is 0. The van der Waals surface area contributed by atoms with E-state index < -0.39 is 0 Å². The largest absolute Gasteiger partial charge is 0.497 e. The smallest absolute Gasteiger partial charge is 0.255 e. The molecule has 5 heteroatoms. The van der Waals surface area contributed by atoms with E-state index in [0.29, 0.717) is 34.0 Å². The van der Waals surface area contributed by atoms with Gasteiger partial charge >= 0.3 is 0 Å². The van der Waals surface area contributed by atoms with Gasteiger partial charge in [0.15, 0.2) is 5.58 Å². The highest BCUT2D eigenvalue weighted by atomic mass is 16.5. The molecule has 0 aliphatic carbocycles. The Labute approximate surface area is 156 Å². The topological polar surface area (TPSA) is 64.4 Å². The number of benzene rings is 3. The molecule has 1 N–H and O–H groups in total. The molecule has 1 aromatic heterocycles. The minimum atomic E-state index is -0.195. The lowest BCUT2D eigenvalue weighted by Crippen LogP contribution is -2.11. The quantitative estimate of drug-likeness (QED) is 0.553. The Balaban J connectivity index is 1.59. The lowest BCUT2D eigenvalue weighted by Gasteiger charge is -2.06. The number of carbonyl (C=O) groups is 1. The van der Waals surface area contributed by atoms with Crippen molar-refractivity contribution < 1.29 is 13.9 Å². The van der Waals surface area contributed by atoms with Crippen molar-refractivity contribution >= 4 is 22.7 Å². The van der Waals surface area contributed by atoms with Crippen molar-refractivity contribution in [3.8, 4) is 17.2 Å². The summed E-state index contributed by atoms with van der Waals surface area (Å²) in [5.74, 6) is 1.08. The number of methoxy groups -OCH3 is 1. The second-order valence-electron chi connectivity index (χ2n) is 6.20. The van der Waals surface area contributed by atoms with Gasteiger partial charge in [-0.05, 0) is 61.0 Å². The summed E-state index contributed by atoms with van der Waals surface area (Å²) in [5.41, 5.74) is 4.63. The highest BCUT2D eigenvalue weighted by Crippen LogP contribution is 2.28. The zero-order valence-corrected chi connectivity index (χ0v) is 15.0. The van der Waals surface area contributed by atoms with E-state index in [1.54, 1.807) is 37.4 Å². The number of hydrogen-bond acceptors (Lipinski definition) is 4. The Hall–Kier alpha value is -3.60. The number of aromatic nitrogens is 1. The van der Waals surface area contributed by atoms with Gasteiger partial charge in [-0.3, -0.25) is 4.79 Å². The van der Waals surface area contributed by atoms with Crippen LogP contribution in [0, 0.1) is 6.92 Å². The molecule has 3 aromatic carbocycles. The van der Waals surface area contributed by atoms with Crippen molar-refractivity contribution in [2.75, 3.05) is 12.4 Å². The maximum atomic E-state index is 12.4. The monoisotopic (exact) mass is 358 g/mol. The first-order chi connectivity index (χ1) is 13.1. The number of anilines is 1. The molecule has 0 aliphatic rings. The minimum absolute atomic E-state index is 0.195. The van der Waals surface area contributed by atoms with E-state index >= 15 is 0 Å². The van der Waals surface area contributed by atoms with Crippen LogP contribution in [0.3, 0.4) is 0 Å². The SMILES string of the molecule is COc1ccc(C(=O)Nc2ccc3oc(-c4ccccc4C)nc3c2)cc1. The Bertz CT molecular complexity index is 1110. The molecule has 4 aromatic rings. The molecular weight excluding hydrogens is 340 g/mol. The third-order valence-corrected chi connectivity index (χ3v) is 4.37. The van der Waals surface area contributed by atoms with Crippen LogP contribution in [0.15, 0.2) is 71.1 Å². The van der Waals surface area contributed by atoms with Crippen LogP contribution in [0.5, 0.6) is 5.75 Å². The summed E-state index contributed by atoms with van der Waals surface area (Å²) in [6, 6.07) is 20.3. The zero-order valence-electron chi connectivity index (χ0n) is 15.0. The Kier molecular flexibility index (Phi) is 4.34. The second-order valence-corrected chi connectivity index (χ2v) is 6.20. The van der Waals surface area contributed by atoms with Gasteiger partial charge < -0.3 is 14.5 Å². The first-order valence-corrected chi connectivity index (χ1v) is 8.56. The van der Waals surface area contributed by atoms with Crippen molar-refractivity contribution in [3.05, 3.63) is 77.9 Å². The molecule has 0 saturated heterocycles. The van der Waals surface area contributed by atoms with E-state index in [1.807, 2.05) is 43.3 Å². The second kappa shape index (κ2) is 6.96. The molecule has 4 rings (SSSR count). The summed E-state index contributed by atoms with van der Waals surface area (Å²) in [6.45, 7) is 2.02. The zero-order chi connectivity index (χ0) is 18.8. The van der Waals surface area contributed by atoms with E-state index in [0.717, 1.165) is 11.1 Å². The molecule has 0 radical (unpaired) electrons. The molecule has 0 spiro atoms. The van der Waals surface area contributed by atoms with Crippen LogP contribution >= 0.6 is 0 Å². The van der Waals surface area contributed by atoms with Gasteiger partial charge in [0, 0.05) is 16.8 Å². The van der Waals surface area contributed by atoms with Crippen molar-refractivity contribution in [2.45, 2.75) is 6.92 Å². The van der Waals surface area contributed by atoms with Crippen molar-refractivity contribution in [3.63, 3.8) is 0 Å². The molecule has 0 atom stereocenters. The highest BCUT2D eigenvalue weighted by Gasteiger charge is 2.12. The van der Waals surface area contributed by atoms with E-state index in [4.69, 9.17) is 9.15 Å². The maximum absolute atomic E-state index is 12.4. The van der Waals surface area contributed by atoms with Gasteiger partial charge in [0.25, 0.3) is 5.91 Å². The van der Waals surface area contributed by atoms with Gasteiger partial charge in [0.1, 0.15) is 11.3 Å². The average molecular weight is 358 g/mol. The molecule has 0 bridgehead atoms. The predicted molar refractivity (Wildman–Crippen MR) is 105 cm³/mol. The summed E-state index contributed by atoms with van der Waals surface area (Å²) in [4.78, 5) is 17.0. The van der Waals surface area contributed by atoms with Crippen LogP contribution in [-0.4, -0.2) is 18.0 Å². The number of amides is 1. The fraction of sp³-hybridized carbons (Fsp3) is 0.0909. The fourth-order valence-electron chi connectivity index (χ4n) is 2.88. The van der Waals surface area contributed by atoms with E-state index in [2.05, 4.69) is 10.3 Å². The molecule has 134 valence electrons. The molecule has 1 amide bonds. The minimum Gasteiger partial charge on any atom is -0.497 e. The third kappa shape index (κ3) is 3.40. The highest BCUT2D eigenvalue weighted by molar-refractivity contribution is 6.05. The molecule has 0 unspecified atom stereocenters. The molecule has 27 heavy (non-hydrogen) atoms. The summed E-state index contributed by atoms with van der Waals surface area (Å²) < 4.78 is 11.0. The van der Waals surface area contributed by atoms with Crippen molar-refractivity contribution in [2.24, 2.45) is 0 Å². The molecule has 0 aliphatic heterocycles. The Morgan fingerprint density at radius 2 is 1.81 bits per heavy atom. The molecule has 0 fully saturated rings. The maximum Gasteiger partial charge on any atom is 0.255 e. The lowest BCUT2D eigenvalue weighted by atomic mass is 10.1. The number of nitrogens with one attached hydrogen (secondary N) is 1. The molecule has 1 heterocycles. The van der Waals surface area contributed by atoms with Gasteiger partial charge in [-0.25, -0.2) is 4.98 Å². The molecule has 0 saturated carbocycles. The fourth-order valence-corrected chi connectivity index (χ4v) is 2.88. The van der Waals surface area contributed by atoms with E-state index in [-0.39, 0.29) is 5.91 Å². The van der Waals surface area contributed by atoms with Gasteiger partial charge in [0.2, 0.25) is 5.89 Å². The van der Waals surface area contributed by atoms with Crippen LogP contribution in [0.25, 0.3) is 22.6 Å². The normalized spacial score (nSPS) is 10.7. The van der Waals surface area contributed by atoms with Gasteiger partial charge in [-0.1, -0.05) is 18.2 Å². The Morgan fingerprint density at radius 3 is 2.56 bits per heavy atom. The summed E-state index contributed by atoms with van der Waals surface area (Å²) in [6.07, 6.45) is 0. The summed E-state index contributed by atoms with van der Waals surface area (Å²) in [7, 11) is 1.59. The van der Waals surface area contributed by atoms with E-state index in [1.165, 1.54) is 0 Å². The van der Waals surface area contributed by atoms with Crippen LogP contribution in [0.1, 0.15) is 15.9 Å². The van der Waals surface area contributed by atoms with Gasteiger partial charge in [-0.15, -0.1) is 0 Å². The average Bonchev–Trinajstić information content (AvgIpc) is 3.11. The number of aryl methyl sites for hydroxylation is 1. The number of nitrogens with zero attached hydrogens (tertiary/aromatic N) is 1. The number of rotatable bonds is 4. The van der Waals surface area contributed by atoms with Crippen LogP contribution in [0.2, 0.25) is 0 Å². The Morgan fingerprint density at radius 1 is 1.04 bits per heavy atom. The number of ether oxygens (including phenoxy) is 1. The summed E-state index contributed by atoms with van der Waals surface area (Å²) in [5, 5.41) is 2.89. The predicted octanol–water partition coefficient (Wildman–Crippen LogP) is 5.06. The van der Waals surface area contributed by atoms with Crippen LogP contribution in [0.4, 0.5) is 5.69 Å². The van der Waals surface area contributed by atoms with E-state index in [9.17, 15) is 4.79 Å². The standard InChI is InChI=1S/C22H18N2O3/c1-14-5-3-4-6-18(14)22-24-19-13-16(9-12-20(19)27-22)23-21(25)15-7-10-17(26-2)11-8-15/h3-13H,1-2H3,(H,23,25). The first-order valence-electron chi connectivity index (χ1n) is 8.56. The molecule has 5 nitrogen and oxygen atoms in total. The van der Waals surface area contributed by atoms with Crippen molar-refractivity contribution in [1.29, 1.82) is 0 Å². The first kappa shape index (κ1) is 16.8. The third-order valence-electron chi connectivity index (χ3n) is 4.37. The number of hydrogen-bond donors (Lipinski definition) is 1. The van der Waals surface area contributed by atoms with Crippen LogP contribution in [-0.2, 0) is 0 Å². The van der Waals surface area contributed by atoms with Crippen molar-refractivity contribution in [1.82, 2.24) is 4.98 Å². The van der Waals surface area contributed by atoms with Gasteiger partial charge in [-0.2, -0.15) is 0 Å². The molecular formula is C22H18N2O3.